The fourth-order valence-electron chi connectivity index (χ4n) is 6.97. The Bertz CT molecular complexity index is 2640. The molecule has 8 nitrogen and oxygen atoms in total. The molecule has 7 aromatic carbocycles. The molecule has 0 atom stereocenters. The van der Waals surface area contributed by atoms with E-state index in [0.717, 1.165) is 89.9 Å². The highest BCUT2D eigenvalue weighted by atomic mass is 16.5. The van der Waals surface area contributed by atoms with Gasteiger partial charge in [0.2, 0.25) is 0 Å². The number of aromatic nitrogens is 4. The van der Waals surface area contributed by atoms with E-state index in [-0.39, 0.29) is 0 Å². The van der Waals surface area contributed by atoms with E-state index in [1.807, 2.05) is 103 Å². The number of carbonyl (C=O) groups is 1. The van der Waals surface area contributed by atoms with Gasteiger partial charge in [-0.25, -0.2) is 9.97 Å². The van der Waals surface area contributed by atoms with Crippen LogP contribution in [0.4, 0.5) is 0 Å². The largest absolute Gasteiger partial charge is 0.497 e. The maximum Gasteiger partial charge on any atom is 0.185 e. The first-order valence-corrected chi connectivity index (χ1v) is 18.6. The van der Waals surface area contributed by atoms with Crippen LogP contribution < -0.4 is 9.47 Å². The maximum absolute atomic E-state index is 11.2. The van der Waals surface area contributed by atoms with Crippen molar-refractivity contribution in [3.63, 3.8) is 0 Å². The number of carbonyl (C=O) groups excluding carboxylic acids is 1. The van der Waals surface area contributed by atoms with Crippen LogP contribution in [0, 0.1) is 0 Å². The first kappa shape index (κ1) is 36.4. The monoisotopic (exact) mass is 745 g/mol. The van der Waals surface area contributed by atoms with E-state index < -0.39 is 0 Å². The van der Waals surface area contributed by atoms with Gasteiger partial charge in [0.25, 0.3) is 0 Å². The third-order valence-electron chi connectivity index (χ3n) is 9.75. The van der Waals surface area contributed by atoms with E-state index in [9.17, 15) is 4.79 Å². The van der Waals surface area contributed by atoms with Gasteiger partial charge < -0.3 is 19.4 Å². The summed E-state index contributed by atoms with van der Waals surface area (Å²) < 4.78 is 10.8. The number of hydrogen-bond donors (Lipinski definition) is 2. The van der Waals surface area contributed by atoms with Gasteiger partial charge in [0.05, 0.1) is 49.0 Å². The molecule has 2 heterocycles. The van der Waals surface area contributed by atoms with E-state index in [4.69, 9.17) is 14.5 Å². The van der Waals surface area contributed by atoms with Gasteiger partial charge >= 0.3 is 0 Å². The lowest BCUT2D eigenvalue weighted by atomic mass is 9.98. The summed E-state index contributed by atoms with van der Waals surface area (Å²) in [5.74, 6) is 2.56. The molecule has 0 aliphatic carbocycles. The SMILES string of the molecule is COc1ccc(CN=Cc2nc3c(-c4ccccc4)ccc(-c4ccccc4)c3[nH]2)c(OC)c1.O=Cc1nc2c(-c3ccccc3)ccc(-c3ccccc3)c2[nH]1. The molecule has 0 fully saturated rings. The molecule has 9 aromatic rings. The lowest BCUT2D eigenvalue weighted by Crippen LogP contribution is -1.93. The number of nitrogens with zero attached hydrogens (tertiary/aromatic N) is 3. The number of fused-ring (bicyclic) bond motifs is 2. The predicted molar refractivity (Wildman–Crippen MR) is 230 cm³/mol. The van der Waals surface area contributed by atoms with Crippen LogP contribution in [0.1, 0.15) is 22.0 Å². The van der Waals surface area contributed by atoms with Crippen LogP contribution in [0.25, 0.3) is 66.6 Å². The summed E-state index contributed by atoms with van der Waals surface area (Å²) in [4.78, 5) is 31.8. The van der Waals surface area contributed by atoms with E-state index in [1.54, 1.807) is 20.4 Å². The molecule has 9 rings (SSSR count). The van der Waals surface area contributed by atoms with Crippen LogP contribution in [-0.2, 0) is 6.54 Å². The molecule has 8 heteroatoms. The molecule has 0 saturated heterocycles. The second-order valence-electron chi connectivity index (χ2n) is 13.2. The highest BCUT2D eigenvalue weighted by molar-refractivity contribution is 6.03. The zero-order chi connectivity index (χ0) is 39.0. The standard InChI is InChI=1S/C29H25N3O2.C20H14N2O/c1-33-23-14-13-22(26(17-23)34-2)18-30-19-27-31-28-24(20-9-5-3-6-10-20)15-16-25(29(28)32-27)21-11-7-4-8-12-21;23-13-18-21-19-16(14-7-3-1-4-8-14)11-12-17(20(19)22-18)15-9-5-2-6-10-15/h3-17,19H,18H2,1-2H3,(H,31,32);1-13H,(H,21,22). The minimum atomic E-state index is 0.348. The summed E-state index contributed by atoms with van der Waals surface area (Å²) in [6.07, 6.45) is 2.54. The molecule has 278 valence electrons. The highest BCUT2D eigenvalue weighted by Crippen LogP contribution is 2.36. The number of imidazole rings is 2. The fourth-order valence-corrected chi connectivity index (χ4v) is 6.97. The highest BCUT2D eigenvalue weighted by Gasteiger charge is 2.15. The van der Waals surface area contributed by atoms with Crippen molar-refractivity contribution in [3.05, 3.63) is 181 Å². The van der Waals surface area contributed by atoms with Crippen molar-refractivity contribution in [3.8, 4) is 56.0 Å². The Balaban J connectivity index is 0.000000172. The Morgan fingerprint density at radius 2 is 0.965 bits per heavy atom. The molecule has 0 aliphatic heterocycles. The minimum absolute atomic E-state index is 0.348. The van der Waals surface area contributed by atoms with E-state index in [1.165, 1.54) is 0 Å². The summed E-state index contributed by atoms with van der Waals surface area (Å²) in [5, 5.41) is 0. The Labute approximate surface area is 330 Å². The van der Waals surface area contributed by atoms with Gasteiger partial charge in [0, 0.05) is 33.9 Å². The molecule has 0 amide bonds. The zero-order valence-corrected chi connectivity index (χ0v) is 31.5. The van der Waals surface area contributed by atoms with Gasteiger partial charge in [0.1, 0.15) is 17.3 Å². The molecule has 0 bridgehead atoms. The average Bonchev–Trinajstić information content (AvgIpc) is 3.92. The molecule has 2 aromatic heterocycles. The molecule has 0 spiro atoms. The summed E-state index contributed by atoms with van der Waals surface area (Å²) in [5.41, 5.74) is 13.3. The third kappa shape index (κ3) is 7.83. The maximum atomic E-state index is 11.2. The van der Waals surface area contributed by atoms with Gasteiger partial charge in [-0.15, -0.1) is 0 Å². The second-order valence-corrected chi connectivity index (χ2v) is 13.2. The molecule has 2 N–H and O–H groups in total. The zero-order valence-electron chi connectivity index (χ0n) is 31.5. The molecule has 0 radical (unpaired) electrons. The Hall–Kier alpha value is -7.58. The second kappa shape index (κ2) is 16.8. The van der Waals surface area contributed by atoms with Gasteiger partial charge in [-0.1, -0.05) is 146 Å². The summed E-state index contributed by atoms with van der Waals surface area (Å²) >= 11 is 0. The number of H-pyrrole nitrogens is 2. The lowest BCUT2D eigenvalue weighted by Gasteiger charge is -2.08. The summed E-state index contributed by atoms with van der Waals surface area (Å²) in [6.45, 7) is 0.474. The number of hydrogen-bond acceptors (Lipinski definition) is 6. The Kier molecular flexibility index (Phi) is 10.8. The number of benzene rings is 7. The van der Waals surface area contributed by atoms with E-state index in [2.05, 4.69) is 80.6 Å². The van der Waals surface area contributed by atoms with Crippen LogP contribution in [0.15, 0.2) is 169 Å². The number of rotatable bonds is 10. The quantitative estimate of drug-likeness (QED) is 0.107. The van der Waals surface area contributed by atoms with Crippen molar-refractivity contribution < 1.29 is 14.3 Å². The number of aldehydes is 1. The summed E-state index contributed by atoms with van der Waals surface area (Å²) in [7, 11) is 3.29. The number of aromatic amines is 2. The number of aliphatic imine (C=N–C) groups is 1. The fraction of sp³-hybridized carbons (Fsp3) is 0.0612. The van der Waals surface area contributed by atoms with Crippen LogP contribution >= 0.6 is 0 Å². The Morgan fingerprint density at radius 1 is 0.526 bits per heavy atom. The number of methoxy groups -OCH3 is 2. The number of ether oxygens (including phenoxy) is 2. The Morgan fingerprint density at radius 3 is 1.42 bits per heavy atom. The van der Waals surface area contributed by atoms with Crippen LogP contribution in [0.3, 0.4) is 0 Å². The van der Waals surface area contributed by atoms with Crippen LogP contribution in [0.5, 0.6) is 11.5 Å². The smallest absolute Gasteiger partial charge is 0.185 e. The van der Waals surface area contributed by atoms with E-state index >= 15 is 0 Å². The van der Waals surface area contributed by atoms with Crippen molar-refractivity contribution in [2.45, 2.75) is 6.54 Å². The van der Waals surface area contributed by atoms with E-state index in [0.29, 0.717) is 18.2 Å². The topological polar surface area (TPSA) is 105 Å². The summed E-state index contributed by atoms with van der Waals surface area (Å²) in [6, 6.07) is 55.0. The van der Waals surface area contributed by atoms with Gasteiger partial charge in [-0.3, -0.25) is 9.79 Å². The van der Waals surface area contributed by atoms with Crippen molar-refractivity contribution in [1.29, 1.82) is 0 Å². The predicted octanol–water partition coefficient (Wildman–Crippen LogP) is 11.2. The number of nitrogens with one attached hydrogen (secondary N) is 2. The molecule has 57 heavy (non-hydrogen) atoms. The third-order valence-corrected chi connectivity index (χ3v) is 9.75. The molecule has 0 aliphatic rings. The molecule has 0 saturated carbocycles. The first-order chi connectivity index (χ1) is 28.1. The van der Waals surface area contributed by atoms with Crippen LogP contribution in [-0.4, -0.2) is 46.7 Å². The van der Waals surface area contributed by atoms with Gasteiger partial charge in [-0.05, 0) is 34.4 Å². The van der Waals surface area contributed by atoms with Gasteiger partial charge in [0.15, 0.2) is 12.1 Å². The van der Waals surface area contributed by atoms with Crippen molar-refractivity contribution in [2.24, 2.45) is 4.99 Å². The molecule has 0 unspecified atom stereocenters. The van der Waals surface area contributed by atoms with Gasteiger partial charge in [-0.2, -0.15) is 0 Å². The van der Waals surface area contributed by atoms with Crippen LogP contribution in [0.2, 0.25) is 0 Å². The van der Waals surface area contributed by atoms with Crippen molar-refractivity contribution >= 4 is 34.6 Å². The first-order valence-electron chi connectivity index (χ1n) is 18.6. The average molecular weight is 746 g/mol. The molecular formula is C49H39N5O3. The van der Waals surface area contributed by atoms with Crippen molar-refractivity contribution in [2.75, 3.05) is 14.2 Å². The minimum Gasteiger partial charge on any atom is -0.497 e. The normalized spacial score (nSPS) is 11.1. The lowest BCUT2D eigenvalue weighted by molar-refractivity contribution is 0.111. The van der Waals surface area contributed by atoms with Crippen molar-refractivity contribution in [1.82, 2.24) is 19.9 Å². The molecular weight excluding hydrogens is 707 g/mol.